The maximum Gasteiger partial charge on any atom is 0.227 e. The van der Waals surface area contributed by atoms with Crippen LogP contribution in [-0.4, -0.2) is 5.78 Å². The maximum absolute atomic E-state index is 12.6. The number of hydrogen-bond acceptors (Lipinski definition) is 4. The van der Waals surface area contributed by atoms with Gasteiger partial charge >= 0.3 is 0 Å². The number of furan rings is 2. The van der Waals surface area contributed by atoms with Gasteiger partial charge < -0.3 is 14.2 Å². The second-order valence-electron chi connectivity index (χ2n) is 4.44. The van der Waals surface area contributed by atoms with E-state index >= 15 is 0 Å². The Morgan fingerprint density at radius 3 is 2.33 bits per heavy atom. The largest absolute Gasteiger partial charge is 0.467 e. The second kappa shape index (κ2) is 6.01. The van der Waals surface area contributed by atoms with Crippen molar-refractivity contribution in [1.29, 1.82) is 0 Å². The Labute approximate surface area is 129 Å². The van der Waals surface area contributed by atoms with E-state index in [9.17, 15) is 4.79 Å². The lowest BCUT2D eigenvalue weighted by Crippen LogP contribution is -2.20. The monoisotopic (exact) mass is 345 g/mol. The highest BCUT2D eigenvalue weighted by atomic mass is 79.9. The summed E-state index contributed by atoms with van der Waals surface area (Å²) >= 11 is 3.38. The smallest absolute Gasteiger partial charge is 0.227 e. The summed E-state index contributed by atoms with van der Waals surface area (Å²) in [6.45, 7) is 0. The molecule has 5 heteroatoms. The second-order valence-corrected chi connectivity index (χ2v) is 5.36. The zero-order chi connectivity index (χ0) is 14.7. The van der Waals surface area contributed by atoms with E-state index in [1.807, 2.05) is 24.3 Å². The van der Waals surface area contributed by atoms with Crippen molar-refractivity contribution in [2.75, 3.05) is 5.32 Å². The van der Waals surface area contributed by atoms with Gasteiger partial charge in [0.2, 0.25) is 5.78 Å². The van der Waals surface area contributed by atoms with Crippen LogP contribution in [0.5, 0.6) is 0 Å². The fourth-order valence-corrected chi connectivity index (χ4v) is 2.26. The van der Waals surface area contributed by atoms with Crippen molar-refractivity contribution in [1.82, 2.24) is 0 Å². The summed E-state index contributed by atoms with van der Waals surface area (Å²) in [4.78, 5) is 12.6. The Hall–Kier alpha value is -2.27. The lowest BCUT2D eigenvalue weighted by atomic mass is 10.1. The number of ketones is 1. The Morgan fingerprint density at radius 2 is 1.71 bits per heavy atom. The number of carbonyl (C=O) groups excluding carboxylic acids is 1. The van der Waals surface area contributed by atoms with Crippen LogP contribution in [-0.2, 0) is 0 Å². The van der Waals surface area contributed by atoms with Crippen molar-refractivity contribution in [3.8, 4) is 0 Å². The van der Waals surface area contributed by atoms with Gasteiger partial charge in [-0.3, -0.25) is 4.79 Å². The number of hydrogen-bond donors (Lipinski definition) is 1. The lowest BCUT2D eigenvalue weighted by molar-refractivity contribution is 0.0934. The zero-order valence-electron chi connectivity index (χ0n) is 11.0. The molecule has 21 heavy (non-hydrogen) atoms. The third-order valence-corrected chi connectivity index (χ3v) is 3.54. The molecule has 1 aromatic carbocycles. The maximum atomic E-state index is 12.6. The first-order valence-electron chi connectivity index (χ1n) is 6.37. The van der Waals surface area contributed by atoms with Crippen molar-refractivity contribution in [3.05, 3.63) is 77.1 Å². The number of anilines is 1. The fraction of sp³-hybridized carbons (Fsp3) is 0.0625. The first kappa shape index (κ1) is 13.7. The molecule has 2 heterocycles. The molecule has 1 atom stereocenters. The summed E-state index contributed by atoms with van der Waals surface area (Å²) in [5.74, 6) is 0.651. The Balaban J connectivity index is 1.90. The summed E-state index contributed by atoms with van der Waals surface area (Å²) in [6.07, 6.45) is 3.02. The SMILES string of the molecule is O=C(c1ccco1)C(Nc1ccc(Br)cc1)c1ccco1. The zero-order valence-corrected chi connectivity index (χ0v) is 12.5. The molecule has 3 aromatic rings. The summed E-state index contributed by atoms with van der Waals surface area (Å²) < 4.78 is 11.5. The molecule has 0 aliphatic carbocycles. The summed E-state index contributed by atoms with van der Waals surface area (Å²) in [6, 6.07) is 13.8. The molecular formula is C16H12BrNO3. The molecule has 0 saturated heterocycles. The van der Waals surface area contributed by atoms with Crippen molar-refractivity contribution in [2.45, 2.75) is 6.04 Å². The molecule has 0 bridgehead atoms. The third-order valence-electron chi connectivity index (χ3n) is 3.01. The van der Waals surface area contributed by atoms with Crippen LogP contribution < -0.4 is 5.32 Å². The number of carbonyl (C=O) groups is 1. The van der Waals surface area contributed by atoms with Gasteiger partial charge in [-0.25, -0.2) is 0 Å². The van der Waals surface area contributed by atoms with E-state index < -0.39 is 6.04 Å². The molecule has 1 N–H and O–H groups in total. The summed E-state index contributed by atoms with van der Waals surface area (Å²) in [5.41, 5.74) is 0.819. The molecule has 1 unspecified atom stereocenters. The van der Waals surface area contributed by atoms with Crippen LogP contribution in [0, 0.1) is 0 Å². The van der Waals surface area contributed by atoms with Gasteiger partial charge in [-0.1, -0.05) is 15.9 Å². The predicted octanol–water partition coefficient (Wildman–Crippen LogP) is 4.67. The van der Waals surface area contributed by atoms with Gasteiger partial charge in [0.1, 0.15) is 5.76 Å². The number of benzene rings is 1. The van der Waals surface area contributed by atoms with Crippen LogP contribution in [0.4, 0.5) is 5.69 Å². The summed E-state index contributed by atoms with van der Waals surface area (Å²) in [7, 11) is 0. The minimum atomic E-state index is -0.632. The van der Waals surface area contributed by atoms with Gasteiger partial charge in [0.05, 0.1) is 12.5 Å². The molecule has 0 fully saturated rings. The van der Waals surface area contributed by atoms with Gasteiger partial charge in [0.25, 0.3) is 0 Å². The van der Waals surface area contributed by atoms with Crippen LogP contribution in [0.3, 0.4) is 0 Å². The molecule has 0 aliphatic rings. The molecule has 4 nitrogen and oxygen atoms in total. The fourth-order valence-electron chi connectivity index (χ4n) is 2.00. The van der Waals surface area contributed by atoms with E-state index in [2.05, 4.69) is 21.2 Å². The topological polar surface area (TPSA) is 55.4 Å². The van der Waals surface area contributed by atoms with Crippen molar-refractivity contribution < 1.29 is 13.6 Å². The average Bonchev–Trinajstić information content (AvgIpc) is 3.19. The summed E-state index contributed by atoms with van der Waals surface area (Å²) in [5, 5.41) is 3.17. The van der Waals surface area contributed by atoms with Crippen molar-refractivity contribution >= 4 is 27.4 Å². The van der Waals surface area contributed by atoms with E-state index in [0.717, 1.165) is 10.2 Å². The third kappa shape index (κ3) is 3.08. The Bertz CT molecular complexity index is 703. The van der Waals surface area contributed by atoms with E-state index in [1.54, 1.807) is 30.5 Å². The number of rotatable bonds is 5. The normalized spacial score (nSPS) is 12.0. The highest BCUT2D eigenvalue weighted by Crippen LogP contribution is 2.25. The van der Waals surface area contributed by atoms with Crippen LogP contribution in [0.15, 0.2) is 74.4 Å². The molecule has 2 aromatic heterocycles. The highest BCUT2D eigenvalue weighted by molar-refractivity contribution is 9.10. The molecule has 0 amide bonds. The van der Waals surface area contributed by atoms with Crippen LogP contribution in [0.1, 0.15) is 22.4 Å². The molecule has 0 radical (unpaired) electrons. The van der Waals surface area contributed by atoms with Gasteiger partial charge in [-0.05, 0) is 48.5 Å². The van der Waals surface area contributed by atoms with Gasteiger partial charge in [0.15, 0.2) is 11.8 Å². The molecule has 0 spiro atoms. The molecule has 0 saturated carbocycles. The van der Waals surface area contributed by atoms with Crippen molar-refractivity contribution in [3.63, 3.8) is 0 Å². The number of Topliss-reactive ketones (excluding diaryl/α,β-unsaturated/α-hetero) is 1. The number of nitrogens with one attached hydrogen (secondary N) is 1. The average molecular weight is 346 g/mol. The molecular weight excluding hydrogens is 334 g/mol. The quantitative estimate of drug-likeness (QED) is 0.682. The minimum absolute atomic E-state index is 0.183. The van der Waals surface area contributed by atoms with Crippen LogP contribution in [0.2, 0.25) is 0 Å². The molecule has 106 valence electrons. The Morgan fingerprint density at radius 1 is 1.00 bits per heavy atom. The van der Waals surface area contributed by atoms with E-state index in [4.69, 9.17) is 8.83 Å². The minimum Gasteiger partial charge on any atom is -0.467 e. The van der Waals surface area contributed by atoms with E-state index in [1.165, 1.54) is 6.26 Å². The van der Waals surface area contributed by atoms with Gasteiger partial charge in [-0.2, -0.15) is 0 Å². The van der Waals surface area contributed by atoms with Crippen LogP contribution in [0.25, 0.3) is 0 Å². The first-order valence-corrected chi connectivity index (χ1v) is 7.16. The first-order chi connectivity index (χ1) is 10.2. The van der Waals surface area contributed by atoms with Gasteiger partial charge in [0, 0.05) is 10.2 Å². The standard InChI is InChI=1S/C16H12BrNO3/c17-11-5-7-12(8-6-11)18-15(13-3-1-9-20-13)16(19)14-4-2-10-21-14/h1-10,15,18H. The molecule has 0 aliphatic heterocycles. The Kier molecular flexibility index (Phi) is 3.92. The van der Waals surface area contributed by atoms with Crippen LogP contribution >= 0.6 is 15.9 Å². The lowest BCUT2D eigenvalue weighted by Gasteiger charge is -2.15. The highest BCUT2D eigenvalue weighted by Gasteiger charge is 2.26. The number of halogens is 1. The van der Waals surface area contributed by atoms with E-state index in [0.29, 0.717) is 11.5 Å². The molecule has 3 rings (SSSR count). The van der Waals surface area contributed by atoms with E-state index in [-0.39, 0.29) is 5.78 Å². The predicted molar refractivity (Wildman–Crippen MR) is 82.3 cm³/mol. The van der Waals surface area contributed by atoms with Crippen molar-refractivity contribution in [2.24, 2.45) is 0 Å². The van der Waals surface area contributed by atoms with Gasteiger partial charge in [-0.15, -0.1) is 0 Å².